The van der Waals surface area contributed by atoms with Crippen molar-refractivity contribution >= 4 is 70.4 Å². The molecule has 0 atom stereocenters. The lowest BCUT2D eigenvalue weighted by atomic mass is 10.0. The van der Waals surface area contributed by atoms with Crippen LogP contribution in [0.4, 0.5) is 17.1 Å². The summed E-state index contributed by atoms with van der Waals surface area (Å²) in [6.07, 6.45) is 0. The number of aromatic nitrogens is 1. The van der Waals surface area contributed by atoms with Gasteiger partial charge in [-0.2, -0.15) is 0 Å². The van der Waals surface area contributed by atoms with Gasteiger partial charge in [0.15, 0.2) is 0 Å². The van der Waals surface area contributed by atoms with Gasteiger partial charge in [-0.25, -0.2) is 0 Å². The van der Waals surface area contributed by atoms with Gasteiger partial charge in [-0.05, 0) is 101 Å². The Morgan fingerprint density at radius 1 is 0.333 bits per heavy atom. The number of nitrogens with zero attached hydrogens (tertiary/aromatic N) is 2. The summed E-state index contributed by atoms with van der Waals surface area (Å²) >= 11 is 1.87. The minimum Gasteiger partial charge on any atom is -0.311 e. The molecule has 10 rings (SSSR count). The highest BCUT2D eigenvalue weighted by Crippen LogP contribution is 2.39. The number of hydrogen-bond donors (Lipinski definition) is 0. The zero-order chi connectivity index (χ0) is 33.7. The van der Waals surface area contributed by atoms with Crippen LogP contribution in [0.5, 0.6) is 0 Å². The molecule has 0 unspecified atom stereocenters. The summed E-state index contributed by atoms with van der Waals surface area (Å²) in [6.45, 7) is 0. The Labute approximate surface area is 300 Å². The third-order valence-corrected chi connectivity index (χ3v) is 11.1. The summed E-state index contributed by atoms with van der Waals surface area (Å²) in [6, 6.07) is 70.3. The second-order valence-electron chi connectivity index (χ2n) is 13.0. The highest BCUT2D eigenvalue weighted by molar-refractivity contribution is 7.25. The van der Waals surface area contributed by atoms with Crippen LogP contribution in [0.1, 0.15) is 0 Å². The van der Waals surface area contributed by atoms with Gasteiger partial charge in [0.1, 0.15) is 0 Å². The fraction of sp³-hybridized carbons (Fsp3) is 0. The van der Waals surface area contributed by atoms with Crippen molar-refractivity contribution < 1.29 is 0 Å². The maximum absolute atomic E-state index is 2.40. The zero-order valence-corrected chi connectivity index (χ0v) is 28.6. The molecule has 0 saturated heterocycles. The average molecular weight is 669 g/mol. The van der Waals surface area contributed by atoms with E-state index in [0.29, 0.717) is 0 Å². The van der Waals surface area contributed by atoms with E-state index in [1.54, 1.807) is 0 Å². The standard InChI is InChI=1S/C48H32N2S/c1-3-11-37(12-4-1)49(38-13-5-2-6-14-38)39-25-19-33(20-26-39)35-24-30-46-44(31-35)41-15-7-9-17-45(41)50(46)40-27-21-34(22-28-40)36-23-29-43-42-16-8-10-18-47(42)51-48(43)32-36/h1-32H. The lowest BCUT2D eigenvalue weighted by Crippen LogP contribution is -2.09. The Bertz CT molecular complexity index is 2790. The van der Waals surface area contributed by atoms with E-state index in [1.807, 2.05) is 11.3 Å². The SMILES string of the molecule is c1ccc(N(c2ccccc2)c2ccc(-c3ccc4c(c3)c3ccccc3n4-c3ccc(-c4ccc5c(c4)sc4ccccc45)cc3)cc2)cc1. The summed E-state index contributed by atoms with van der Waals surface area (Å²) in [5, 5.41) is 5.17. The Morgan fingerprint density at radius 2 is 0.843 bits per heavy atom. The molecular formula is C48H32N2S. The Morgan fingerprint density at radius 3 is 1.57 bits per heavy atom. The highest BCUT2D eigenvalue weighted by Gasteiger charge is 2.15. The van der Waals surface area contributed by atoms with Crippen LogP contribution in [0.2, 0.25) is 0 Å². The van der Waals surface area contributed by atoms with Crippen molar-refractivity contribution in [2.75, 3.05) is 4.90 Å². The van der Waals surface area contributed by atoms with Gasteiger partial charge in [0.05, 0.1) is 11.0 Å². The molecule has 8 aromatic carbocycles. The van der Waals surface area contributed by atoms with Crippen LogP contribution >= 0.6 is 11.3 Å². The van der Waals surface area contributed by atoms with Crippen LogP contribution in [0.3, 0.4) is 0 Å². The predicted molar refractivity (Wildman–Crippen MR) is 219 cm³/mol. The van der Waals surface area contributed by atoms with E-state index in [-0.39, 0.29) is 0 Å². The van der Waals surface area contributed by atoms with Crippen LogP contribution in [0.25, 0.3) is 69.9 Å². The maximum Gasteiger partial charge on any atom is 0.0541 e. The molecule has 0 aliphatic heterocycles. The van der Waals surface area contributed by atoms with Gasteiger partial charge in [0.2, 0.25) is 0 Å². The Kier molecular flexibility index (Phi) is 7.04. The zero-order valence-electron chi connectivity index (χ0n) is 27.8. The Hall–Kier alpha value is -6.42. The molecule has 0 bridgehead atoms. The normalized spacial score (nSPS) is 11.5. The minimum atomic E-state index is 1.13. The smallest absolute Gasteiger partial charge is 0.0541 e. The molecule has 0 fully saturated rings. The van der Waals surface area contributed by atoms with E-state index in [1.165, 1.54) is 64.2 Å². The molecule has 3 heteroatoms. The molecule has 0 aliphatic carbocycles. The minimum absolute atomic E-state index is 1.13. The number of fused-ring (bicyclic) bond motifs is 6. The van der Waals surface area contributed by atoms with Crippen molar-refractivity contribution in [2.24, 2.45) is 0 Å². The number of rotatable bonds is 6. The second kappa shape index (κ2) is 12.2. The predicted octanol–water partition coefficient (Wildman–Crippen LogP) is 14.0. The molecule has 0 N–H and O–H groups in total. The molecule has 0 spiro atoms. The maximum atomic E-state index is 2.40. The monoisotopic (exact) mass is 668 g/mol. The van der Waals surface area contributed by atoms with Crippen LogP contribution in [0.15, 0.2) is 194 Å². The molecule has 0 radical (unpaired) electrons. The van der Waals surface area contributed by atoms with Gasteiger partial charge < -0.3 is 9.47 Å². The van der Waals surface area contributed by atoms with Gasteiger partial charge in [-0.1, -0.05) is 115 Å². The lowest BCUT2D eigenvalue weighted by molar-refractivity contribution is 1.18. The molecule has 2 heterocycles. The molecule has 51 heavy (non-hydrogen) atoms. The van der Waals surface area contributed by atoms with Gasteiger partial charge in [0.25, 0.3) is 0 Å². The van der Waals surface area contributed by atoms with E-state index in [4.69, 9.17) is 0 Å². The van der Waals surface area contributed by atoms with Crippen molar-refractivity contribution in [1.29, 1.82) is 0 Å². The summed E-state index contributed by atoms with van der Waals surface area (Å²) in [5.41, 5.74) is 11.8. The Balaban J connectivity index is 1.01. The van der Waals surface area contributed by atoms with Crippen molar-refractivity contribution in [3.05, 3.63) is 194 Å². The van der Waals surface area contributed by atoms with Gasteiger partial charge >= 0.3 is 0 Å². The average Bonchev–Trinajstić information content (AvgIpc) is 3.74. The van der Waals surface area contributed by atoms with Gasteiger partial charge in [-0.3, -0.25) is 0 Å². The van der Waals surface area contributed by atoms with E-state index in [0.717, 1.165) is 22.7 Å². The van der Waals surface area contributed by atoms with Crippen LogP contribution in [-0.4, -0.2) is 4.57 Å². The van der Waals surface area contributed by atoms with E-state index >= 15 is 0 Å². The summed E-state index contributed by atoms with van der Waals surface area (Å²) in [7, 11) is 0. The first-order chi connectivity index (χ1) is 25.3. The first-order valence-electron chi connectivity index (χ1n) is 17.3. The van der Waals surface area contributed by atoms with Crippen molar-refractivity contribution in [1.82, 2.24) is 4.57 Å². The molecule has 2 nitrogen and oxygen atoms in total. The third-order valence-electron chi connectivity index (χ3n) is 10.00. The van der Waals surface area contributed by atoms with Crippen LogP contribution in [0, 0.1) is 0 Å². The number of anilines is 3. The van der Waals surface area contributed by atoms with E-state index in [2.05, 4.69) is 204 Å². The first kappa shape index (κ1) is 29.5. The van der Waals surface area contributed by atoms with Gasteiger partial charge in [0, 0.05) is 53.7 Å². The number of hydrogen-bond acceptors (Lipinski definition) is 2. The molecular weight excluding hydrogens is 637 g/mol. The molecule has 240 valence electrons. The quantitative estimate of drug-likeness (QED) is 0.171. The number of benzene rings is 8. The number of para-hydroxylation sites is 3. The fourth-order valence-corrected chi connectivity index (χ4v) is 8.69. The fourth-order valence-electron chi connectivity index (χ4n) is 7.54. The molecule has 2 aromatic heterocycles. The highest BCUT2D eigenvalue weighted by atomic mass is 32.1. The van der Waals surface area contributed by atoms with Crippen LogP contribution in [-0.2, 0) is 0 Å². The summed E-state index contributed by atoms with van der Waals surface area (Å²) in [4.78, 5) is 2.30. The van der Waals surface area contributed by atoms with E-state index < -0.39 is 0 Å². The van der Waals surface area contributed by atoms with Crippen LogP contribution < -0.4 is 4.90 Å². The third kappa shape index (κ3) is 5.10. The second-order valence-corrected chi connectivity index (χ2v) is 14.1. The molecule has 0 aliphatic rings. The van der Waals surface area contributed by atoms with Gasteiger partial charge in [-0.15, -0.1) is 11.3 Å². The van der Waals surface area contributed by atoms with Crippen molar-refractivity contribution in [3.8, 4) is 27.9 Å². The largest absolute Gasteiger partial charge is 0.311 e. The summed E-state index contributed by atoms with van der Waals surface area (Å²) < 4.78 is 5.06. The van der Waals surface area contributed by atoms with Crippen molar-refractivity contribution in [2.45, 2.75) is 0 Å². The molecule has 0 saturated carbocycles. The molecule has 0 amide bonds. The summed E-state index contributed by atoms with van der Waals surface area (Å²) in [5.74, 6) is 0. The topological polar surface area (TPSA) is 8.17 Å². The first-order valence-corrected chi connectivity index (χ1v) is 18.2. The lowest BCUT2D eigenvalue weighted by Gasteiger charge is -2.25. The molecule has 10 aromatic rings. The van der Waals surface area contributed by atoms with E-state index in [9.17, 15) is 0 Å². The van der Waals surface area contributed by atoms with Crippen molar-refractivity contribution in [3.63, 3.8) is 0 Å². The number of thiophene rings is 1.